The number of aliphatic hydroxyl groups is 1. The molecule has 2 N–H and O–H groups in total. The topological polar surface area (TPSA) is 35.5 Å². The average molecular weight is 242 g/mol. The summed E-state index contributed by atoms with van der Waals surface area (Å²) in [6.45, 7) is 7.02. The summed E-state index contributed by atoms with van der Waals surface area (Å²) in [4.78, 5) is 2.35. The molecule has 1 rings (SSSR count). The van der Waals surface area contributed by atoms with Gasteiger partial charge in [-0.2, -0.15) is 0 Å². The Balaban J connectivity index is 2.16. The maximum atomic E-state index is 9.92. The van der Waals surface area contributed by atoms with Crippen molar-refractivity contribution in [2.24, 2.45) is 5.92 Å². The summed E-state index contributed by atoms with van der Waals surface area (Å²) in [5, 5.41) is 13.2. The van der Waals surface area contributed by atoms with Crippen molar-refractivity contribution in [1.29, 1.82) is 0 Å². The normalized spacial score (nSPS) is 27.4. The molecule has 1 fully saturated rings. The van der Waals surface area contributed by atoms with E-state index in [9.17, 15) is 5.11 Å². The zero-order chi connectivity index (χ0) is 12.7. The van der Waals surface area contributed by atoms with Crippen LogP contribution in [0.1, 0.15) is 46.0 Å². The van der Waals surface area contributed by atoms with E-state index in [2.05, 4.69) is 31.1 Å². The molecule has 1 unspecified atom stereocenters. The second kappa shape index (κ2) is 8.06. The minimum absolute atomic E-state index is 0.231. The standard InChI is InChI=1S/C14H30N2O/c1-4-9-15-10-14(17)11-16(3)13-7-5-12(2)6-8-13/h12-15,17H,4-11H2,1-3H3. The molecular weight excluding hydrogens is 212 g/mol. The first-order valence-corrected chi connectivity index (χ1v) is 7.22. The predicted octanol–water partition coefficient (Wildman–Crippen LogP) is 1.86. The Labute approximate surface area is 107 Å². The van der Waals surface area contributed by atoms with E-state index in [1.165, 1.54) is 25.7 Å². The molecule has 0 heterocycles. The van der Waals surface area contributed by atoms with E-state index < -0.39 is 0 Å². The fourth-order valence-corrected chi connectivity index (χ4v) is 2.67. The van der Waals surface area contributed by atoms with Crippen LogP contribution in [0.25, 0.3) is 0 Å². The maximum Gasteiger partial charge on any atom is 0.0791 e. The quantitative estimate of drug-likeness (QED) is 0.669. The Morgan fingerprint density at radius 3 is 2.53 bits per heavy atom. The maximum absolute atomic E-state index is 9.92. The average Bonchev–Trinajstić information content (AvgIpc) is 2.30. The first-order valence-electron chi connectivity index (χ1n) is 7.22. The third-order valence-electron chi connectivity index (χ3n) is 3.91. The van der Waals surface area contributed by atoms with E-state index >= 15 is 0 Å². The smallest absolute Gasteiger partial charge is 0.0791 e. The number of hydrogen-bond acceptors (Lipinski definition) is 3. The van der Waals surface area contributed by atoms with Gasteiger partial charge in [0.2, 0.25) is 0 Å². The molecule has 0 aliphatic heterocycles. The van der Waals surface area contributed by atoms with Crippen molar-refractivity contribution < 1.29 is 5.11 Å². The number of hydrogen-bond donors (Lipinski definition) is 2. The molecule has 0 aromatic rings. The second-order valence-corrected chi connectivity index (χ2v) is 5.71. The van der Waals surface area contributed by atoms with Gasteiger partial charge in [-0.05, 0) is 51.6 Å². The summed E-state index contributed by atoms with van der Waals surface area (Å²) in [6.07, 6.45) is 6.19. The van der Waals surface area contributed by atoms with E-state index in [4.69, 9.17) is 0 Å². The fourth-order valence-electron chi connectivity index (χ4n) is 2.67. The van der Waals surface area contributed by atoms with Crippen molar-refractivity contribution in [3.63, 3.8) is 0 Å². The van der Waals surface area contributed by atoms with Crippen molar-refractivity contribution in [1.82, 2.24) is 10.2 Å². The Morgan fingerprint density at radius 1 is 1.29 bits per heavy atom. The van der Waals surface area contributed by atoms with Gasteiger partial charge in [0.15, 0.2) is 0 Å². The SMILES string of the molecule is CCCNCC(O)CN(C)C1CCC(C)CC1. The Morgan fingerprint density at radius 2 is 1.94 bits per heavy atom. The molecule has 0 radical (unpaired) electrons. The predicted molar refractivity (Wildman–Crippen MR) is 73.2 cm³/mol. The van der Waals surface area contributed by atoms with Crippen molar-refractivity contribution in [3.05, 3.63) is 0 Å². The molecule has 1 atom stereocenters. The fraction of sp³-hybridized carbons (Fsp3) is 1.00. The summed E-state index contributed by atoms with van der Waals surface area (Å²) in [5.41, 5.74) is 0. The van der Waals surface area contributed by atoms with Gasteiger partial charge in [0, 0.05) is 19.1 Å². The van der Waals surface area contributed by atoms with Gasteiger partial charge >= 0.3 is 0 Å². The lowest BCUT2D eigenvalue weighted by Crippen LogP contribution is -2.42. The van der Waals surface area contributed by atoms with Crippen LogP contribution < -0.4 is 5.32 Å². The van der Waals surface area contributed by atoms with Crippen LogP contribution in [0.5, 0.6) is 0 Å². The highest BCUT2D eigenvalue weighted by Gasteiger charge is 2.22. The Bertz CT molecular complexity index is 191. The zero-order valence-electron chi connectivity index (χ0n) is 11.8. The second-order valence-electron chi connectivity index (χ2n) is 5.71. The molecule has 3 nitrogen and oxygen atoms in total. The van der Waals surface area contributed by atoms with Gasteiger partial charge in [0.05, 0.1) is 6.10 Å². The first-order chi connectivity index (χ1) is 8.13. The molecular formula is C14H30N2O. The van der Waals surface area contributed by atoms with Crippen LogP contribution in [0.3, 0.4) is 0 Å². The van der Waals surface area contributed by atoms with Crippen LogP contribution >= 0.6 is 0 Å². The summed E-state index contributed by atoms with van der Waals surface area (Å²) in [6, 6.07) is 0.687. The van der Waals surface area contributed by atoms with Crippen LogP contribution in [0.2, 0.25) is 0 Å². The monoisotopic (exact) mass is 242 g/mol. The lowest BCUT2D eigenvalue weighted by Gasteiger charge is -2.34. The first kappa shape index (κ1) is 14.9. The molecule has 1 aliphatic rings. The van der Waals surface area contributed by atoms with E-state index in [0.717, 1.165) is 32.0 Å². The minimum atomic E-state index is -0.231. The van der Waals surface area contributed by atoms with E-state index in [1.807, 2.05) is 0 Å². The molecule has 102 valence electrons. The van der Waals surface area contributed by atoms with Crippen LogP contribution in [0.15, 0.2) is 0 Å². The van der Waals surface area contributed by atoms with Crippen molar-refractivity contribution in [2.75, 3.05) is 26.7 Å². The molecule has 3 heteroatoms. The van der Waals surface area contributed by atoms with Gasteiger partial charge in [-0.1, -0.05) is 13.8 Å². The van der Waals surface area contributed by atoms with E-state index in [-0.39, 0.29) is 6.10 Å². The lowest BCUT2D eigenvalue weighted by molar-refractivity contribution is 0.0853. The summed E-state index contributed by atoms with van der Waals surface area (Å²) < 4.78 is 0. The highest BCUT2D eigenvalue weighted by atomic mass is 16.3. The summed E-state index contributed by atoms with van der Waals surface area (Å²) in [5.74, 6) is 0.899. The molecule has 17 heavy (non-hydrogen) atoms. The van der Waals surface area contributed by atoms with Gasteiger partial charge in [-0.15, -0.1) is 0 Å². The highest BCUT2D eigenvalue weighted by molar-refractivity contribution is 4.78. The van der Waals surface area contributed by atoms with Crippen molar-refractivity contribution >= 4 is 0 Å². The van der Waals surface area contributed by atoms with Crippen LogP contribution in [-0.2, 0) is 0 Å². The summed E-state index contributed by atoms with van der Waals surface area (Å²) in [7, 11) is 2.16. The molecule has 1 saturated carbocycles. The number of aliphatic hydroxyl groups excluding tert-OH is 1. The third-order valence-corrected chi connectivity index (χ3v) is 3.91. The van der Waals surface area contributed by atoms with Crippen molar-refractivity contribution in [2.45, 2.75) is 58.1 Å². The zero-order valence-corrected chi connectivity index (χ0v) is 11.8. The highest BCUT2D eigenvalue weighted by Crippen LogP contribution is 2.26. The minimum Gasteiger partial charge on any atom is -0.390 e. The Hall–Kier alpha value is -0.120. The molecule has 0 spiro atoms. The van der Waals surface area contributed by atoms with Gasteiger partial charge in [-0.3, -0.25) is 0 Å². The van der Waals surface area contributed by atoms with Gasteiger partial charge in [0.25, 0.3) is 0 Å². The molecule has 0 bridgehead atoms. The molecule has 0 aromatic carbocycles. The van der Waals surface area contributed by atoms with E-state index in [1.54, 1.807) is 0 Å². The Kier molecular flexibility index (Phi) is 7.09. The van der Waals surface area contributed by atoms with Gasteiger partial charge < -0.3 is 15.3 Å². The number of likely N-dealkylation sites (N-methyl/N-ethyl adjacent to an activating group) is 1. The van der Waals surface area contributed by atoms with Crippen LogP contribution in [-0.4, -0.2) is 48.8 Å². The van der Waals surface area contributed by atoms with Crippen molar-refractivity contribution in [3.8, 4) is 0 Å². The lowest BCUT2D eigenvalue weighted by atomic mass is 9.86. The van der Waals surface area contributed by atoms with Crippen LogP contribution in [0, 0.1) is 5.92 Å². The van der Waals surface area contributed by atoms with Crippen LogP contribution in [0.4, 0.5) is 0 Å². The molecule has 0 saturated heterocycles. The molecule has 1 aliphatic carbocycles. The summed E-state index contributed by atoms with van der Waals surface area (Å²) >= 11 is 0. The van der Waals surface area contributed by atoms with Gasteiger partial charge in [-0.25, -0.2) is 0 Å². The number of nitrogens with one attached hydrogen (secondary N) is 1. The van der Waals surface area contributed by atoms with E-state index in [0.29, 0.717) is 6.04 Å². The number of rotatable bonds is 7. The number of nitrogens with zero attached hydrogens (tertiary/aromatic N) is 1. The third kappa shape index (κ3) is 5.84. The van der Waals surface area contributed by atoms with Gasteiger partial charge in [0.1, 0.15) is 0 Å². The molecule has 0 amide bonds. The largest absolute Gasteiger partial charge is 0.390 e. The molecule has 0 aromatic heterocycles.